The zero-order valence-electron chi connectivity index (χ0n) is 12.0. The molecule has 0 bridgehead atoms. The van der Waals surface area contributed by atoms with Crippen LogP contribution in [0.5, 0.6) is 0 Å². The number of fused-ring (bicyclic) bond motifs is 1. The summed E-state index contributed by atoms with van der Waals surface area (Å²) in [5, 5.41) is 9.55. The normalized spacial score (nSPS) is 11.5. The first-order valence-corrected chi connectivity index (χ1v) is 8.25. The molecule has 0 radical (unpaired) electrons. The first kappa shape index (κ1) is 14.4. The maximum absolute atomic E-state index is 12.7. The maximum Gasteiger partial charge on any atom is 0.268 e. The molecule has 5 heteroatoms. The molecule has 0 saturated heterocycles. The number of nitrogens with zero attached hydrogens (tertiary/aromatic N) is 2. The highest BCUT2D eigenvalue weighted by Crippen LogP contribution is 2.23. The molecule has 0 saturated carbocycles. The van der Waals surface area contributed by atoms with Crippen LogP contribution in [0.1, 0.15) is 11.1 Å². The van der Waals surface area contributed by atoms with Crippen molar-refractivity contribution in [1.82, 2.24) is 3.97 Å². The van der Waals surface area contributed by atoms with Gasteiger partial charge in [0.25, 0.3) is 10.0 Å². The Morgan fingerprint density at radius 3 is 2.50 bits per heavy atom. The van der Waals surface area contributed by atoms with E-state index in [9.17, 15) is 8.42 Å². The molecule has 0 amide bonds. The van der Waals surface area contributed by atoms with Crippen molar-refractivity contribution in [2.45, 2.75) is 18.2 Å². The van der Waals surface area contributed by atoms with E-state index < -0.39 is 10.0 Å². The van der Waals surface area contributed by atoms with Crippen molar-refractivity contribution in [3.05, 3.63) is 65.9 Å². The van der Waals surface area contributed by atoms with E-state index in [0.29, 0.717) is 11.9 Å². The molecular weight excluding hydrogens is 296 g/mol. The molecular formula is C17H14N2O2S. The summed E-state index contributed by atoms with van der Waals surface area (Å²) in [5.41, 5.74) is 2.50. The van der Waals surface area contributed by atoms with Gasteiger partial charge in [-0.1, -0.05) is 23.8 Å². The maximum atomic E-state index is 12.7. The first-order chi connectivity index (χ1) is 10.5. The van der Waals surface area contributed by atoms with Crippen molar-refractivity contribution >= 4 is 20.9 Å². The molecule has 110 valence electrons. The van der Waals surface area contributed by atoms with Crippen LogP contribution in [0.15, 0.2) is 59.6 Å². The lowest BCUT2D eigenvalue weighted by Crippen LogP contribution is -2.11. The van der Waals surface area contributed by atoms with Crippen LogP contribution in [-0.4, -0.2) is 12.4 Å². The number of hydrogen-bond acceptors (Lipinski definition) is 3. The van der Waals surface area contributed by atoms with E-state index in [1.165, 1.54) is 3.97 Å². The van der Waals surface area contributed by atoms with Crippen molar-refractivity contribution in [2.24, 2.45) is 0 Å². The van der Waals surface area contributed by atoms with Gasteiger partial charge < -0.3 is 0 Å². The summed E-state index contributed by atoms with van der Waals surface area (Å²) in [5.74, 6) is 0. The van der Waals surface area contributed by atoms with Crippen LogP contribution < -0.4 is 0 Å². The van der Waals surface area contributed by atoms with E-state index in [2.05, 4.69) is 6.07 Å². The van der Waals surface area contributed by atoms with Gasteiger partial charge in [0.15, 0.2) is 0 Å². The highest BCUT2D eigenvalue weighted by atomic mass is 32.2. The van der Waals surface area contributed by atoms with Gasteiger partial charge in [0.05, 0.1) is 22.9 Å². The highest BCUT2D eigenvalue weighted by Gasteiger charge is 2.18. The number of hydrogen-bond donors (Lipinski definition) is 0. The number of benzene rings is 2. The summed E-state index contributed by atoms with van der Waals surface area (Å²) in [6.07, 6.45) is 1.86. The summed E-state index contributed by atoms with van der Waals surface area (Å²) < 4.78 is 26.8. The van der Waals surface area contributed by atoms with E-state index in [1.807, 2.05) is 13.0 Å². The molecule has 0 aliphatic carbocycles. The quantitative estimate of drug-likeness (QED) is 0.746. The van der Waals surface area contributed by atoms with Gasteiger partial charge in [-0.25, -0.2) is 12.4 Å². The van der Waals surface area contributed by atoms with Crippen LogP contribution in [-0.2, 0) is 16.4 Å². The minimum Gasteiger partial charge on any atom is -0.241 e. The molecule has 3 aromatic rings. The number of nitriles is 1. The summed E-state index contributed by atoms with van der Waals surface area (Å²) >= 11 is 0. The van der Waals surface area contributed by atoms with Gasteiger partial charge in [-0.15, -0.1) is 0 Å². The van der Waals surface area contributed by atoms with Crippen molar-refractivity contribution in [3.63, 3.8) is 0 Å². The van der Waals surface area contributed by atoms with E-state index in [-0.39, 0.29) is 4.90 Å². The van der Waals surface area contributed by atoms with Gasteiger partial charge in [-0.2, -0.15) is 5.26 Å². The van der Waals surface area contributed by atoms with Gasteiger partial charge in [0.2, 0.25) is 0 Å². The third kappa shape index (κ3) is 2.38. The Balaban J connectivity index is 2.13. The Labute approximate surface area is 129 Å². The molecule has 0 aliphatic rings. The molecule has 0 aliphatic heterocycles. The average Bonchev–Trinajstić information content (AvgIpc) is 2.92. The van der Waals surface area contributed by atoms with E-state index >= 15 is 0 Å². The van der Waals surface area contributed by atoms with Gasteiger partial charge in [0, 0.05) is 11.6 Å². The monoisotopic (exact) mass is 310 g/mol. The van der Waals surface area contributed by atoms with Crippen LogP contribution in [0.25, 0.3) is 10.9 Å². The lowest BCUT2D eigenvalue weighted by atomic mass is 10.1. The van der Waals surface area contributed by atoms with Crippen LogP contribution in [0.3, 0.4) is 0 Å². The smallest absolute Gasteiger partial charge is 0.241 e. The Morgan fingerprint density at radius 2 is 1.82 bits per heavy atom. The second kappa shape index (κ2) is 5.32. The lowest BCUT2D eigenvalue weighted by molar-refractivity contribution is 0.589. The van der Waals surface area contributed by atoms with E-state index in [1.54, 1.807) is 48.7 Å². The zero-order valence-corrected chi connectivity index (χ0v) is 12.8. The number of aromatic nitrogens is 1. The SMILES string of the molecule is Cc1ccc(S(=O)(=O)n2ccc3cc(CC#N)ccc32)cc1. The lowest BCUT2D eigenvalue weighted by Gasteiger charge is -2.08. The highest BCUT2D eigenvalue weighted by molar-refractivity contribution is 7.90. The number of aryl methyl sites for hydroxylation is 1. The molecule has 0 fully saturated rings. The van der Waals surface area contributed by atoms with Crippen molar-refractivity contribution < 1.29 is 8.42 Å². The van der Waals surface area contributed by atoms with Gasteiger partial charge >= 0.3 is 0 Å². The molecule has 22 heavy (non-hydrogen) atoms. The topological polar surface area (TPSA) is 62.9 Å². The third-order valence-corrected chi connectivity index (χ3v) is 5.28. The molecule has 0 spiro atoms. The fourth-order valence-corrected chi connectivity index (χ4v) is 3.75. The Bertz CT molecular complexity index is 978. The van der Waals surface area contributed by atoms with Crippen molar-refractivity contribution in [2.75, 3.05) is 0 Å². The standard InChI is InChI=1S/C17H14N2O2S/c1-13-2-5-16(6-3-13)22(20,21)19-11-9-15-12-14(8-10-18)4-7-17(15)19/h2-7,9,11-12H,8H2,1H3. The minimum atomic E-state index is -3.61. The van der Waals surface area contributed by atoms with Crippen LogP contribution in [0.2, 0.25) is 0 Å². The summed E-state index contributed by atoms with van der Waals surface area (Å²) in [7, 11) is -3.61. The van der Waals surface area contributed by atoms with Gasteiger partial charge in [-0.3, -0.25) is 0 Å². The van der Waals surface area contributed by atoms with Crippen LogP contribution in [0.4, 0.5) is 0 Å². The molecule has 1 heterocycles. The molecule has 0 unspecified atom stereocenters. The fourth-order valence-electron chi connectivity index (χ4n) is 2.40. The zero-order chi connectivity index (χ0) is 15.7. The van der Waals surface area contributed by atoms with E-state index in [0.717, 1.165) is 16.5 Å². The van der Waals surface area contributed by atoms with Crippen LogP contribution >= 0.6 is 0 Å². The summed E-state index contributed by atoms with van der Waals surface area (Å²) in [6.45, 7) is 1.91. The second-order valence-corrected chi connectivity index (χ2v) is 6.97. The predicted octanol–water partition coefficient (Wildman–Crippen LogP) is 3.25. The van der Waals surface area contributed by atoms with Gasteiger partial charge in [0.1, 0.15) is 0 Å². The third-order valence-electron chi connectivity index (χ3n) is 3.58. The molecule has 4 nitrogen and oxygen atoms in total. The minimum absolute atomic E-state index is 0.261. The molecule has 0 atom stereocenters. The van der Waals surface area contributed by atoms with Crippen molar-refractivity contribution in [1.29, 1.82) is 5.26 Å². The largest absolute Gasteiger partial charge is 0.268 e. The molecule has 2 aromatic carbocycles. The van der Waals surface area contributed by atoms with Gasteiger partial charge in [-0.05, 0) is 42.8 Å². The van der Waals surface area contributed by atoms with Crippen molar-refractivity contribution in [3.8, 4) is 6.07 Å². The Hall–Kier alpha value is -2.58. The van der Waals surface area contributed by atoms with Crippen LogP contribution in [0, 0.1) is 18.3 Å². The summed E-state index contributed by atoms with van der Waals surface area (Å²) in [4.78, 5) is 0.261. The first-order valence-electron chi connectivity index (χ1n) is 6.81. The van der Waals surface area contributed by atoms with E-state index in [4.69, 9.17) is 5.26 Å². The predicted molar refractivity (Wildman–Crippen MR) is 85.0 cm³/mol. The fraction of sp³-hybridized carbons (Fsp3) is 0.118. The second-order valence-electron chi connectivity index (χ2n) is 5.16. The molecule has 1 aromatic heterocycles. The summed E-state index contributed by atoms with van der Waals surface area (Å²) in [6, 6.07) is 16.0. The Kier molecular flexibility index (Phi) is 3.47. The molecule has 3 rings (SSSR count). The Morgan fingerprint density at radius 1 is 1.09 bits per heavy atom. The molecule has 0 N–H and O–H groups in total. The number of rotatable bonds is 3. The average molecular weight is 310 g/mol.